The van der Waals surface area contributed by atoms with Crippen molar-refractivity contribution < 1.29 is 8.42 Å². The Hall–Kier alpha value is -1.48. The molecule has 1 fully saturated rings. The van der Waals surface area contributed by atoms with E-state index >= 15 is 0 Å². The number of sulfone groups is 1. The van der Waals surface area contributed by atoms with Crippen LogP contribution in [0.15, 0.2) is 23.2 Å². The van der Waals surface area contributed by atoms with Gasteiger partial charge in [0.1, 0.15) is 4.90 Å². The third kappa shape index (κ3) is 6.50. The second kappa shape index (κ2) is 10.5. The lowest BCUT2D eigenvalue weighted by molar-refractivity contribution is 0.447. The van der Waals surface area contributed by atoms with Crippen molar-refractivity contribution in [1.82, 2.24) is 20.3 Å². The maximum absolute atomic E-state index is 12.2. The van der Waals surface area contributed by atoms with Crippen LogP contribution in [0, 0.1) is 13.8 Å². The Labute approximate surface area is 185 Å². The van der Waals surface area contributed by atoms with E-state index in [4.69, 9.17) is 0 Å². The molecule has 1 saturated heterocycles. The molecule has 0 radical (unpaired) electrons. The zero-order valence-corrected chi connectivity index (χ0v) is 19.6. The second-order valence-corrected chi connectivity index (χ2v) is 9.35. The highest BCUT2D eigenvalue weighted by molar-refractivity contribution is 7.90. The monoisotopic (exact) mass is 461 g/mol. The molecule has 10 heteroatoms. The van der Waals surface area contributed by atoms with Gasteiger partial charge in [-0.15, -0.1) is 24.8 Å². The predicted octanol–water partition coefficient (Wildman–Crippen LogP) is 2.84. The summed E-state index contributed by atoms with van der Waals surface area (Å²) in [6.45, 7) is 6.27. The van der Waals surface area contributed by atoms with Crippen molar-refractivity contribution in [1.29, 1.82) is 0 Å². The standard InChI is InChI=1S/C19H27N5O2S.2ClH/c1-13-8-14(2)22-16(9-13)12-24(3)19-21-11-17(27(4,25)26)18(23-19)15-6-5-7-20-10-15;;/h8-9,11,15,20H,5-7,10,12H2,1-4H3;2*1H. The van der Waals surface area contributed by atoms with Gasteiger partial charge < -0.3 is 10.2 Å². The molecule has 1 unspecified atom stereocenters. The van der Waals surface area contributed by atoms with Crippen LogP contribution in [-0.2, 0) is 16.4 Å². The number of hydrogen-bond acceptors (Lipinski definition) is 7. The van der Waals surface area contributed by atoms with Crippen LogP contribution in [0.2, 0.25) is 0 Å². The van der Waals surface area contributed by atoms with Gasteiger partial charge >= 0.3 is 0 Å². The van der Waals surface area contributed by atoms with Crippen molar-refractivity contribution in [2.45, 2.75) is 44.0 Å². The molecule has 1 atom stereocenters. The van der Waals surface area contributed by atoms with Gasteiger partial charge in [0.2, 0.25) is 5.95 Å². The molecule has 1 N–H and O–H groups in total. The Bertz CT molecular complexity index is 914. The largest absolute Gasteiger partial charge is 0.338 e. The van der Waals surface area contributed by atoms with Crippen LogP contribution in [0.3, 0.4) is 0 Å². The van der Waals surface area contributed by atoms with E-state index in [0.29, 0.717) is 18.2 Å². The van der Waals surface area contributed by atoms with Crippen molar-refractivity contribution in [3.8, 4) is 0 Å². The van der Waals surface area contributed by atoms with E-state index in [1.54, 1.807) is 0 Å². The molecule has 0 spiro atoms. The molecule has 162 valence electrons. The highest BCUT2D eigenvalue weighted by atomic mass is 35.5. The molecule has 0 bridgehead atoms. The van der Waals surface area contributed by atoms with Crippen molar-refractivity contribution in [2.75, 3.05) is 31.3 Å². The predicted molar refractivity (Wildman–Crippen MR) is 120 cm³/mol. The molecular weight excluding hydrogens is 433 g/mol. The lowest BCUT2D eigenvalue weighted by Gasteiger charge is -2.25. The summed E-state index contributed by atoms with van der Waals surface area (Å²) >= 11 is 0. The molecule has 2 aromatic rings. The van der Waals surface area contributed by atoms with Crippen LogP contribution in [-0.4, -0.2) is 49.8 Å². The van der Waals surface area contributed by atoms with E-state index < -0.39 is 9.84 Å². The van der Waals surface area contributed by atoms with Crippen LogP contribution < -0.4 is 10.2 Å². The fourth-order valence-electron chi connectivity index (χ4n) is 3.54. The van der Waals surface area contributed by atoms with E-state index in [0.717, 1.165) is 42.9 Å². The molecule has 3 heterocycles. The maximum Gasteiger partial charge on any atom is 0.225 e. The maximum atomic E-state index is 12.2. The average molecular weight is 462 g/mol. The third-order valence-electron chi connectivity index (χ3n) is 4.74. The van der Waals surface area contributed by atoms with Gasteiger partial charge in [-0.3, -0.25) is 4.98 Å². The van der Waals surface area contributed by atoms with Crippen LogP contribution >= 0.6 is 24.8 Å². The number of nitrogens with one attached hydrogen (secondary N) is 1. The summed E-state index contributed by atoms with van der Waals surface area (Å²) in [5.41, 5.74) is 3.69. The summed E-state index contributed by atoms with van der Waals surface area (Å²) in [7, 11) is -1.48. The van der Waals surface area contributed by atoms with Gasteiger partial charge in [-0.25, -0.2) is 18.4 Å². The Morgan fingerprint density at radius 2 is 1.93 bits per heavy atom. The lowest BCUT2D eigenvalue weighted by Crippen LogP contribution is -2.30. The number of anilines is 1. The highest BCUT2D eigenvalue weighted by Crippen LogP contribution is 2.28. The van der Waals surface area contributed by atoms with Crippen LogP contribution in [0.5, 0.6) is 0 Å². The number of halogens is 2. The number of hydrogen-bond donors (Lipinski definition) is 1. The van der Waals surface area contributed by atoms with Crippen LogP contribution in [0.1, 0.15) is 41.4 Å². The molecule has 1 aliphatic rings. The number of nitrogens with zero attached hydrogens (tertiary/aromatic N) is 4. The highest BCUT2D eigenvalue weighted by Gasteiger charge is 2.26. The number of rotatable bonds is 5. The van der Waals surface area contributed by atoms with Gasteiger partial charge in [0.05, 0.1) is 24.1 Å². The molecule has 0 saturated carbocycles. The zero-order valence-electron chi connectivity index (χ0n) is 17.2. The number of piperidine rings is 1. The van der Waals surface area contributed by atoms with Gasteiger partial charge in [0.25, 0.3) is 0 Å². The van der Waals surface area contributed by atoms with Crippen molar-refractivity contribution >= 4 is 40.6 Å². The summed E-state index contributed by atoms with van der Waals surface area (Å²) in [6.07, 6.45) is 4.60. The molecule has 29 heavy (non-hydrogen) atoms. The summed E-state index contributed by atoms with van der Waals surface area (Å²) in [5.74, 6) is 0.599. The summed E-state index contributed by atoms with van der Waals surface area (Å²) < 4.78 is 24.4. The van der Waals surface area contributed by atoms with E-state index in [2.05, 4.69) is 20.3 Å². The minimum absolute atomic E-state index is 0. The van der Waals surface area contributed by atoms with Gasteiger partial charge in [0.15, 0.2) is 9.84 Å². The van der Waals surface area contributed by atoms with Crippen molar-refractivity contribution in [3.63, 3.8) is 0 Å². The summed E-state index contributed by atoms with van der Waals surface area (Å²) in [4.78, 5) is 15.7. The topological polar surface area (TPSA) is 88.1 Å². The quantitative estimate of drug-likeness (QED) is 0.731. The molecular formula is C19H29Cl2N5O2S. The summed E-state index contributed by atoms with van der Waals surface area (Å²) in [6, 6.07) is 4.08. The number of aromatic nitrogens is 3. The smallest absolute Gasteiger partial charge is 0.225 e. The number of aryl methyl sites for hydroxylation is 2. The second-order valence-electron chi connectivity index (χ2n) is 7.37. The first-order valence-electron chi connectivity index (χ1n) is 9.17. The van der Waals surface area contributed by atoms with E-state index in [9.17, 15) is 8.42 Å². The zero-order chi connectivity index (χ0) is 19.6. The first-order chi connectivity index (χ1) is 12.7. The molecule has 2 aromatic heterocycles. The Morgan fingerprint density at radius 1 is 1.21 bits per heavy atom. The Balaban J connectivity index is 0.00000210. The molecule has 3 rings (SSSR count). The van der Waals surface area contributed by atoms with E-state index in [1.165, 1.54) is 12.5 Å². The third-order valence-corrected chi connectivity index (χ3v) is 5.86. The first-order valence-corrected chi connectivity index (χ1v) is 11.1. The minimum atomic E-state index is -3.38. The summed E-state index contributed by atoms with van der Waals surface area (Å²) in [5, 5.41) is 3.33. The van der Waals surface area contributed by atoms with Gasteiger partial charge in [-0.2, -0.15) is 0 Å². The molecule has 0 aromatic carbocycles. The first kappa shape index (κ1) is 25.6. The van der Waals surface area contributed by atoms with Crippen molar-refractivity contribution in [2.24, 2.45) is 0 Å². The molecule has 7 nitrogen and oxygen atoms in total. The minimum Gasteiger partial charge on any atom is -0.338 e. The molecule has 1 aliphatic heterocycles. The SMILES string of the molecule is Cc1cc(C)nc(CN(C)c2ncc(S(C)(=O)=O)c(C3CCCNC3)n2)c1.Cl.Cl. The Kier molecular flexibility index (Phi) is 9.27. The Morgan fingerprint density at radius 3 is 2.52 bits per heavy atom. The average Bonchev–Trinajstić information content (AvgIpc) is 2.60. The fraction of sp³-hybridized carbons (Fsp3) is 0.526. The molecule has 0 amide bonds. The molecule has 0 aliphatic carbocycles. The van der Waals surface area contributed by atoms with Gasteiger partial charge in [-0.1, -0.05) is 0 Å². The fourth-order valence-corrected chi connectivity index (χ4v) is 4.38. The van der Waals surface area contributed by atoms with Crippen LogP contribution in [0.25, 0.3) is 0 Å². The van der Waals surface area contributed by atoms with E-state index in [1.807, 2.05) is 37.9 Å². The van der Waals surface area contributed by atoms with Gasteiger partial charge in [0, 0.05) is 31.5 Å². The van der Waals surface area contributed by atoms with Crippen molar-refractivity contribution in [3.05, 3.63) is 41.0 Å². The van der Waals surface area contributed by atoms with Crippen LogP contribution in [0.4, 0.5) is 5.95 Å². The number of pyridine rings is 1. The lowest BCUT2D eigenvalue weighted by atomic mass is 9.96. The van der Waals surface area contributed by atoms with E-state index in [-0.39, 0.29) is 35.6 Å². The van der Waals surface area contributed by atoms with Gasteiger partial charge in [-0.05, 0) is 50.9 Å². The normalized spacial score (nSPS) is 16.5.